The first-order valence-electron chi connectivity index (χ1n) is 18.7. The van der Waals surface area contributed by atoms with E-state index in [9.17, 15) is 0 Å². The second kappa shape index (κ2) is 13.3. The Kier molecular flexibility index (Phi) is 7.64. The minimum absolute atomic E-state index is 0.589. The molecule has 11 aromatic rings. The van der Waals surface area contributed by atoms with Gasteiger partial charge in [-0.1, -0.05) is 158 Å². The third-order valence-corrected chi connectivity index (χ3v) is 11.8. The van der Waals surface area contributed by atoms with E-state index in [1.165, 1.54) is 36.9 Å². The number of furan rings is 1. The number of para-hydroxylation sites is 1. The van der Waals surface area contributed by atoms with Gasteiger partial charge in [0.1, 0.15) is 11.2 Å². The van der Waals surface area contributed by atoms with Gasteiger partial charge in [0, 0.05) is 47.6 Å². The van der Waals surface area contributed by atoms with Crippen LogP contribution in [0, 0.1) is 0 Å². The van der Waals surface area contributed by atoms with Crippen molar-refractivity contribution in [1.29, 1.82) is 0 Å². The predicted octanol–water partition coefficient (Wildman–Crippen LogP) is 14.1. The first-order valence-corrected chi connectivity index (χ1v) is 19.5. The number of nitrogens with zero attached hydrogens (tertiary/aromatic N) is 3. The van der Waals surface area contributed by atoms with E-state index >= 15 is 0 Å². The molecule has 0 fully saturated rings. The van der Waals surface area contributed by atoms with E-state index in [-0.39, 0.29) is 0 Å². The van der Waals surface area contributed by atoms with Crippen LogP contribution in [0.2, 0.25) is 0 Å². The van der Waals surface area contributed by atoms with E-state index in [4.69, 9.17) is 19.4 Å². The lowest BCUT2D eigenvalue weighted by molar-refractivity contribution is 0.669. The minimum Gasteiger partial charge on any atom is -0.456 e. The van der Waals surface area contributed by atoms with E-state index in [1.54, 1.807) is 0 Å². The summed E-state index contributed by atoms with van der Waals surface area (Å²) in [5, 5.41) is 4.73. The van der Waals surface area contributed by atoms with Crippen LogP contribution in [0.4, 0.5) is 0 Å². The number of aromatic nitrogens is 3. The number of rotatable bonds is 6. The minimum atomic E-state index is 0.589. The molecule has 0 atom stereocenters. The Balaban J connectivity index is 1.03. The third kappa shape index (κ3) is 5.56. The number of fused-ring (bicyclic) bond motifs is 6. The lowest BCUT2D eigenvalue weighted by Crippen LogP contribution is -2.00. The van der Waals surface area contributed by atoms with Gasteiger partial charge in [0.2, 0.25) is 0 Å². The van der Waals surface area contributed by atoms with E-state index in [1.807, 2.05) is 41.7 Å². The second-order valence-electron chi connectivity index (χ2n) is 14.0. The summed E-state index contributed by atoms with van der Waals surface area (Å²) in [5.41, 5.74) is 11.4. The molecule has 0 spiro atoms. The normalized spacial score (nSPS) is 11.6. The van der Waals surface area contributed by atoms with Crippen molar-refractivity contribution < 1.29 is 4.42 Å². The summed E-state index contributed by atoms with van der Waals surface area (Å²) in [6.07, 6.45) is 0. The van der Waals surface area contributed by atoms with Crippen LogP contribution < -0.4 is 0 Å². The van der Waals surface area contributed by atoms with Gasteiger partial charge >= 0.3 is 0 Å². The van der Waals surface area contributed by atoms with Crippen molar-refractivity contribution in [3.63, 3.8) is 0 Å². The Morgan fingerprint density at radius 3 is 1.68 bits per heavy atom. The Morgan fingerprint density at radius 2 is 0.875 bits per heavy atom. The van der Waals surface area contributed by atoms with Crippen molar-refractivity contribution in [2.24, 2.45) is 0 Å². The van der Waals surface area contributed by atoms with E-state index in [0.717, 1.165) is 55.3 Å². The maximum absolute atomic E-state index is 6.27. The fourth-order valence-corrected chi connectivity index (χ4v) is 9.09. The highest BCUT2D eigenvalue weighted by Crippen LogP contribution is 2.44. The largest absolute Gasteiger partial charge is 0.456 e. The average Bonchev–Trinajstić information content (AvgIpc) is 3.85. The summed E-state index contributed by atoms with van der Waals surface area (Å²) in [4.78, 5) is 15.3. The van der Waals surface area contributed by atoms with Crippen molar-refractivity contribution in [1.82, 2.24) is 15.0 Å². The molecular formula is C51H31N3OS. The van der Waals surface area contributed by atoms with Gasteiger partial charge in [0.05, 0.1) is 0 Å². The van der Waals surface area contributed by atoms with Gasteiger partial charge in [-0.25, -0.2) is 15.0 Å². The molecule has 5 heteroatoms. The van der Waals surface area contributed by atoms with Gasteiger partial charge < -0.3 is 4.42 Å². The number of hydrogen-bond donors (Lipinski definition) is 0. The van der Waals surface area contributed by atoms with Gasteiger partial charge in [0.15, 0.2) is 17.5 Å². The summed E-state index contributed by atoms with van der Waals surface area (Å²) in [6, 6.07) is 65.7. The van der Waals surface area contributed by atoms with Crippen molar-refractivity contribution in [3.05, 3.63) is 188 Å². The highest BCUT2D eigenvalue weighted by atomic mass is 32.1. The van der Waals surface area contributed by atoms with Crippen LogP contribution in [-0.2, 0) is 0 Å². The zero-order chi connectivity index (χ0) is 37.0. The van der Waals surface area contributed by atoms with E-state index < -0.39 is 0 Å². The molecule has 11 rings (SSSR count). The first kappa shape index (κ1) is 32.2. The molecule has 8 aromatic carbocycles. The van der Waals surface area contributed by atoms with E-state index in [0.29, 0.717) is 17.5 Å². The fraction of sp³-hybridized carbons (Fsp3) is 0. The topological polar surface area (TPSA) is 51.8 Å². The number of thiophene rings is 1. The molecule has 0 amide bonds. The lowest BCUT2D eigenvalue weighted by atomic mass is 9.97. The molecule has 0 aliphatic heterocycles. The zero-order valence-electron chi connectivity index (χ0n) is 30.1. The van der Waals surface area contributed by atoms with Crippen molar-refractivity contribution in [2.45, 2.75) is 0 Å². The lowest BCUT2D eigenvalue weighted by Gasteiger charge is -2.10. The molecule has 0 saturated heterocycles. The molecule has 0 radical (unpaired) electrons. The van der Waals surface area contributed by atoms with Crippen molar-refractivity contribution in [2.75, 3.05) is 0 Å². The van der Waals surface area contributed by atoms with Gasteiger partial charge in [-0.15, -0.1) is 11.3 Å². The average molecular weight is 734 g/mol. The van der Waals surface area contributed by atoms with Gasteiger partial charge in [0.25, 0.3) is 0 Å². The summed E-state index contributed by atoms with van der Waals surface area (Å²) in [5.74, 6) is 1.81. The van der Waals surface area contributed by atoms with Crippen molar-refractivity contribution in [3.8, 4) is 67.5 Å². The number of benzene rings is 8. The SMILES string of the molecule is c1ccc(-c2cccc(-c3nc(-c4ccc(-c5cccc6c5sc5cccc(-c7ccccc7)c56)cc4)nc(-c4ccc5c(c4)oc4ccccc45)n3)c2)cc1. The Hall–Kier alpha value is -7.21. The van der Waals surface area contributed by atoms with Gasteiger partial charge in [-0.2, -0.15) is 0 Å². The molecule has 56 heavy (non-hydrogen) atoms. The molecule has 0 aliphatic rings. The summed E-state index contributed by atoms with van der Waals surface area (Å²) < 4.78 is 8.84. The number of hydrogen-bond acceptors (Lipinski definition) is 5. The molecule has 262 valence electrons. The van der Waals surface area contributed by atoms with E-state index in [2.05, 4.69) is 158 Å². The smallest absolute Gasteiger partial charge is 0.164 e. The molecule has 3 heterocycles. The van der Waals surface area contributed by atoms with Crippen molar-refractivity contribution >= 4 is 53.4 Å². The van der Waals surface area contributed by atoms with Crippen LogP contribution in [0.5, 0.6) is 0 Å². The molecule has 0 saturated carbocycles. The monoisotopic (exact) mass is 733 g/mol. The Labute approximate surface area is 327 Å². The summed E-state index contributed by atoms with van der Waals surface area (Å²) in [6.45, 7) is 0. The maximum atomic E-state index is 6.27. The first-order chi connectivity index (χ1) is 27.7. The van der Waals surface area contributed by atoms with Gasteiger partial charge in [-0.05, 0) is 63.7 Å². The highest BCUT2D eigenvalue weighted by molar-refractivity contribution is 7.26. The third-order valence-electron chi connectivity index (χ3n) is 10.6. The fourth-order valence-electron chi connectivity index (χ4n) is 7.83. The Morgan fingerprint density at radius 1 is 0.339 bits per heavy atom. The highest BCUT2D eigenvalue weighted by Gasteiger charge is 2.17. The van der Waals surface area contributed by atoms with Gasteiger partial charge in [-0.3, -0.25) is 0 Å². The molecule has 0 N–H and O–H groups in total. The van der Waals surface area contributed by atoms with Crippen LogP contribution >= 0.6 is 11.3 Å². The second-order valence-corrected chi connectivity index (χ2v) is 15.0. The molecular weight excluding hydrogens is 703 g/mol. The quantitative estimate of drug-likeness (QED) is 0.171. The molecule has 0 aliphatic carbocycles. The standard InChI is InChI=1S/C51H31N3OS/c1-3-12-32(13-4-1)36-16-9-17-37(30-36)50-52-49(53-51(54-50)38-28-29-42-41-18-7-8-22-44(41)55-45(42)31-38)35-26-24-34(25-27-35)40-20-10-21-43-47-39(33-14-5-2-6-15-33)19-11-23-46(47)56-48(40)43/h1-31H. The van der Waals surface area contributed by atoms with Crippen LogP contribution in [-0.4, -0.2) is 15.0 Å². The molecule has 3 aromatic heterocycles. The molecule has 0 bridgehead atoms. The summed E-state index contributed by atoms with van der Waals surface area (Å²) >= 11 is 1.85. The summed E-state index contributed by atoms with van der Waals surface area (Å²) in [7, 11) is 0. The zero-order valence-corrected chi connectivity index (χ0v) is 30.9. The van der Waals surface area contributed by atoms with Crippen LogP contribution in [0.3, 0.4) is 0 Å². The molecule has 0 unspecified atom stereocenters. The molecule has 4 nitrogen and oxygen atoms in total. The Bertz CT molecular complexity index is 3240. The maximum Gasteiger partial charge on any atom is 0.164 e. The van der Waals surface area contributed by atoms with Crippen LogP contribution in [0.15, 0.2) is 192 Å². The van der Waals surface area contributed by atoms with Crippen LogP contribution in [0.1, 0.15) is 0 Å². The van der Waals surface area contributed by atoms with Crippen LogP contribution in [0.25, 0.3) is 110 Å². The predicted molar refractivity (Wildman–Crippen MR) is 233 cm³/mol.